The van der Waals surface area contributed by atoms with Crippen LogP contribution in [0.25, 0.3) is 0 Å². The summed E-state index contributed by atoms with van der Waals surface area (Å²) in [6, 6.07) is 2.26. The number of hydrogen-bond donors (Lipinski definition) is 3. The van der Waals surface area contributed by atoms with Gasteiger partial charge in [0.1, 0.15) is 5.82 Å². The van der Waals surface area contributed by atoms with Crippen LogP contribution in [0.4, 0.5) is 15.8 Å². The van der Waals surface area contributed by atoms with Crippen molar-refractivity contribution in [3.63, 3.8) is 0 Å². The lowest BCUT2D eigenvalue weighted by Crippen LogP contribution is -2.11. The van der Waals surface area contributed by atoms with Crippen LogP contribution >= 0.6 is 11.8 Å². The number of rotatable bonds is 6. The van der Waals surface area contributed by atoms with Crippen molar-refractivity contribution in [3.8, 4) is 0 Å². The van der Waals surface area contributed by atoms with Crippen LogP contribution in [-0.2, 0) is 0 Å². The third kappa shape index (κ3) is 3.80. The molecule has 0 aliphatic rings. The third-order valence-corrected chi connectivity index (χ3v) is 3.68. The molecule has 6 heteroatoms. The van der Waals surface area contributed by atoms with Crippen molar-refractivity contribution in [1.29, 1.82) is 0 Å². The molecule has 1 rings (SSSR count). The first-order valence-electron chi connectivity index (χ1n) is 5.54. The van der Waals surface area contributed by atoms with E-state index in [-0.39, 0.29) is 5.69 Å². The van der Waals surface area contributed by atoms with Crippen LogP contribution in [-0.4, -0.2) is 29.1 Å². The number of nitrogens with two attached hydrogens (primary N) is 1. The number of carboxylic acid groups (broad SMARTS) is 1. The number of anilines is 2. The molecular formula is C12H17FN2O2S. The third-order valence-electron chi connectivity index (χ3n) is 2.64. The number of carbonyl (C=O) groups is 1. The molecule has 0 saturated heterocycles. The van der Waals surface area contributed by atoms with E-state index in [0.29, 0.717) is 17.5 Å². The maximum atomic E-state index is 13.5. The number of nitrogens with one attached hydrogen (secondary N) is 1. The summed E-state index contributed by atoms with van der Waals surface area (Å²) >= 11 is 1.75. The monoisotopic (exact) mass is 272 g/mol. The molecule has 1 aromatic rings. The van der Waals surface area contributed by atoms with Gasteiger partial charge in [0, 0.05) is 11.8 Å². The number of carboxylic acids is 1. The molecular weight excluding hydrogens is 255 g/mol. The van der Waals surface area contributed by atoms with Gasteiger partial charge in [0.2, 0.25) is 0 Å². The van der Waals surface area contributed by atoms with E-state index in [9.17, 15) is 9.18 Å². The van der Waals surface area contributed by atoms with Crippen LogP contribution < -0.4 is 11.1 Å². The highest BCUT2D eigenvalue weighted by molar-refractivity contribution is 7.99. The molecule has 1 aromatic carbocycles. The molecule has 0 aromatic heterocycles. The van der Waals surface area contributed by atoms with E-state index in [1.165, 1.54) is 0 Å². The Morgan fingerprint density at radius 1 is 1.61 bits per heavy atom. The average Bonchev–Trinajstić information content (AvgIpc) is 2.32. The van der Waals surface area contributed by atoms with Crippen LogP contribution in [0, 0.1) is 5.82 Å². The van der Waals surface area contributed by atoms with Crippen LogP contribution in [0.2, 0.25) is 0 Å². The molecule has 0 saturated carbocycles. The maximum Gasteiger partial charge on any atom is 0.338 e. The van der Waals surface area contributed by atoms with Crippen molar-refractivity contribution in [3.05, 3.63) is 23.5 Å². The minimum absolute atomic E-state index is 0.241. The average molecular weight is 272 g/mol. The van der Waals surface area contributed by atoms with E-state index in [2.05, 4.69) is 12.2 Å². The first-order valence-corrected chi connectivity index (χ1v) is 6.83. The smallest absolute Gasteiger partial charge is 0.338 e. The van der Waals surface area contributed by atoms with Crippen molar-refractivity contribution < 1.29 is 14.3 Å². The zero-order chi connectivity index (χ0) is 13.7. The lowest BCUT2D eigenvalue weighted by atomic mass is 10.1. The van der Waals surface area contributed by atoms with Gasteiger partial charge in [-0.3, -0.25) is 0 Å². The summed E-state index contributed by atoms with van der Waals surface area (Å²) < 4.78 is 13.5. The number of nitrogen functional groups attached to an aromatic ring is 1. The zero-order valence-electron chi connectivity index (χ0n) is 10.4. The quantitative estimate of drug-likeness (QED) is 0.694. The maximum absolute atomic E-state index is 13.5. The van der Waals surface area contributed by atoms with Crippen LogP contribution in [0.5, 0.6) is 0 Å². The highest BCUT2D eigenvalue weighted by atomic mass is 32.2. The van der Waals surface area contributed by atoms with Gasteiger partial charge in [0.15, 0.2) is 0 Å². The molecule has 4 N–H and O–H groups in total. The molecule has 0 heterocycles. The number of thioether (sulfide) groups is 1. The van der Waals surface area contributed by atoms with Crippen LogP contribution in [0.3, 0.4) is 0 Å². The summed E-state index contributed by atoms with van der Waals surface area (Å²) in [4.78, 5) is 10.7. The first-order chi connectivity index (χ1) is 8.45. The summed E-state index contributed by atoms with van der Waals surface area (Å²) in [5, 5.41) is 12.3. The fourth-order valence-corrected chi connectivity index (χ4v) is 1.79. The first kappa shape index (κ1) is 14.6. The number of halogens is 1. The summed E-state index contributed by atoms with van der Waals surface area (Å²) in [6.45, 7) is 2.77. The van der Waals surface area contributed by atoms with Gasteiger partial charge in [0.05, 0.1) is 16.9 Å². The minimum atomic E-state index is -1.32. The van der Waals surface area contributed by atoms with Gasteiger partial charge in [-0.2, -0.15) is 11.8 Å². The largest absolute Gasteiger partial charge is 0.478 e. The van der Waals surface area contributed by atoms with E-state index in [1.807, 2.05) is 6.26 Å². The molecule has 0 bridgehead atoms. The molecule has 1 atom stereocenters. The molecule has 0 aliphatic carbocycles. The van der Waals surface area contributed by atoms with Crippen molar-refractivity contribution >= 4 is 29.1 Å². The van der Waals surface area contributed by atoms with Gasteiger partial charge in [-0.15, -0.1) is 0 Å². The molecule has 0 fully saturated rings. The van der Waals surface area contributed by atoms with Gasteiger partial charge in [-0.05, 0) is 24.8 Å². The summed E-state index contributed by atoms with van der Waals surface area (Å²) in [5.41, 5.74) is 5.95. The molecule has 0 aliphatic heterocycles. The lowest BCUT2D eigenvalue weighted by Gasteiger charge is -2.12. The minimum Gasteiger partial charge on any atom is -0.478 e. The fourth-order valence-electron chi connectivity index (χ4n) is 1.43. The Bertz CT molecular complexity index is 440. The standard InChI is InChI=1S/C12H17FN2O2S/c1-7(18-2)3-4-15-11-6-9(13)8(12(16)17)5-10(11)14/h5-7,15H,3-4,14H2,1-2H3,(H,16,17). The summed E-state index contributed by atoms with van der Waals surface area (Å²) in [6.07, 6.45) is 2.95. The second-order valence-corrected chi connectivity index (χ2v) is 5.26. The van der Waals surface area contributed by atoms with Gasteiger partial charge in [-0.25, -0.2) is 9.18 Å². The Balaban J connectivity index is 2.73. The lowest BCUT2D eigenvalue weighted by molar-refractivity contribution is 0.0692. The highest BCUT2D eigenvalue weighted by Gasteiger charge is 2.13. The van der Waals surface area contributed by atoms with Crippen molar-refractivity contribution in [2.24, 2.45) is 0 Å². The zero-order valence-corrected chi connectivity index (χ0v) is 11.2. The number of benzene rings is 1. The fraction of sp³-hybridized carbons (Fsp3) is 0.417. The van der Waals surface area contributed by atoms with Crippen LogP contribution in [0.1, 0.15) is 23.7 Å². The van der Waals surface area contributed by atoms with E-state index >= 15 is 0 Å². The van der Waals surface area contributed by atoms with E-state index in [4.69, 9.17) is 10.8 Å². The molecule has 100 valence electrons. The van der Waals surface area contributed by atoms with Crippen molar-refractivity contribution in [2.75, 3.05) is 23.9 Å². The topological polar surface area (TPSA) is 75.3 Å². The molecule has 0 spiro atoms. The van der Waals surface area contributed by atoms with Gasteiger partial charge in [-0.1, -0.05) is 6.92 Å². The Kier molecular flexibility index (Phi) is 5.27. The Morgan fingerprint density at radius 3 is 2.83 bits per heavy atom. The van der Waals surface area contributed by atoms with E-state index < -0.39 is 17.3 Å². The van der Waals surface area contributed by atoms with E-state index in [0.717, 1.165) is 18.6 Å². The Hall–Kier alpha value is -1.43. The SMILES string of the molecule is CSC(C)CCNc1cc(F)c(C(=O)O)cc1N. The Labute approximate surface area is 110 Å². The predicted molar refractivity (Wildman–Crippen MR) is 73.9 cm³/mol. The van der Waals surface area contributed by atoms with Gasteiger partial charge >= 0.3 is 5.97 Å². The Morgan fingerprint density at radius 2 is 2.28 bits per heavy atom. The number of hydrogen-bond acceptors (Lipinski definition) is 4. The van der Waals surface area contributed by atoms with Gasteiger partial charge in [0.25, 0.3) is 0 Å². The highest BCUT2D eigenvalue weighted by Crippen LogP contribution is 2.23. The van der Waals surface area contributed by atoms with Crippen molar-refractivity contribution in [1.82, 2.24) is 0 Å². The molecule has 0 amide bonds. The van der Waals surface area contributed by atoms with E-state index in [1.54, 1.807) is 11.8 Å². The molecule has 4 nitrogen and oxygen atoms in total. The van der Waals surface area contributed by atoms with Crippen LogP contribution in [0.15, 0.2) is 12.1 Å². The molecule has 18 heavy (non-hydrogen) atoms. The molecule has 0 radical (unpaired) electrons. The predicted octanol–water partition coefficient (Wildman–Crippen LogP) is 2.66. The second kappa shape index (κ2) is 6.49. The summed E-state index contributed by atoms with van der Waals surface area (Å²) in [5.74, 6) is -2.10. The van der Waals surface area contributed by atoms with Crippen molar-refractivity contribution in [2.45, 2.75) is 18.6 Å². The number of aromatic carboxylic acids is 1. The second-order valence-electron chi connectivity index (χ2n) is 3.99. The normalized spacial score (nSPS) is 12.2. The van der Waals surface area contributed by atoms with Gasteiger partial charge < -0.3 is 16.2 Å². The molecule has 1 unspecified atom stereocenters. The summed E-state index contributed by atoms with van der Waals surface area (Å²) in [7, 11) is 0.